The van der Waals surface area contributed by atoms with Crippen molar-refractivity contribution in [1.29, 1.82) is 0 Å². The third-order valence-corrected chi connectivity index (χ3v) is 10.2. The predicted octanol–water partition coefficient (Wildman–Crippen LogP) is 5.01. The number of aliphatic hydroxyl groups is 1. The van der Waals surface area contributed by atoms with E-state index in [1.165, 1.54) is 0 Å². The summed E-state index contributed by atoms with van der Waals surface area (Å²) in [5.74, 6) is 1.21. The molecule has 150 valence electrons. The van der Waals surface area contributed by atoms with Gasteiger partial charge in [0.15, 0.2) is 8.32 Å². The molecule has 2 atom stereocenters. The van der Waals surface area contributed by atoms with E-state index in [0.29, 0.717) is 19.1 Å². The van der Waals surface area contributed by atoms with Crippen molar-refractivity contribution in [3.05, 3.63) is 29.8 Å². The second kappa shape index (κ2) is 12.5. The van der Waals surface area contributed by atoms with Gasteiger partial charge in [0.2, 0.25) is 0 Å². The van der Waals surface area contributed by atoms with E-state index in [0.717, 1.165) is 42.3 Å². The van der Waals surface area contributed by atoms with Crippen LogP contribution in [0.4, 0.5) is 0 Å². The molecule has 0 heterocycles. The largest absolute Gasteiger partial charge is 0.497 e. The average molecular weight is 383 g/mol. The molecule has 1 rings (SSSR count). The molecular weight excluding hydrogens is 344 g/mol. The maximum atomic E-state index is 9.33. The first-order valence-electron chi connectivity index (χ1n) is 10.0. The van der Waals surface area contributed by atoms with Gasteiger partial charge >= 0.3 is 0 Å². The first-order valence-corrected chi connectivity index (χ1v) is 12.6. The van der Waals surface area contributed by atoms with Gasteiger partial charge in [0.05, 0.1) is 13.7 Å². The molecule has 1 aromatic carbocycles. The SMILES string of the molecule is CC[Si](CC)(CC)O[C@@H](CCOCc1ccc(OC)cc1)[C@@H](C)CCO. The second-order valence-corrected chi connectivity index (χ2v) is 11.8. The highest BCUT2D eigenvalue weighted by Gasteiger charge is 2.33. The molecule has 0 aliphatic carbocycles. The monoisotopic (exact) mass is 382 g/mol. The Morgan fingerprint density at radius 3 is 2.12 bits per heavy atom. The Kier molecular flexibility index (Phi) is 11.1. The number of ether oxygens (including phenoxy) is 2. The number of hydrogen-bond donors (Lipinski definition) is 1. The van der Waals surface area contributed by atoms with Gasteiger partial charge in [-0.15, -0.1) is 0 Å². The summed E-state index contributed by atoms with van der Waals surface area (Å²) in [5.41, 5.74) is 1.14. The number of methoxy groups -OCH3 is 1. The van der Waals surface area contributed by atoms with Crippen LogP contribution in [0, 0.1) is 5.92 Å². The quantitative estimate of drug-likeness (QED) is 0.363. The van der Waals surface area contributed by atoms with Crippen LogP contribution in [0.5, 0.6) is 5.75 Å². The standard InChI is InChI=1S/C21H38O4Si/c1-6-26(7-2,8-3)25-21(18(4)13-15-22)14-16-24-17-19-9-11-20(23-5)12-10-19/h9-12,18,21-22H,6-8,13-17H2,1-5H3/t18-,21-/m0/s1. The summed E-state index contributed by atoms with van der Waals surface area (Å²) < 4.78 is 17.8. The van der Waals surface area contributed by atoms with Gasteiger partial charge in [0.1, 0.15) is 5.75 Å². The van der Waals surface area contributed by atoms with Gasteiger partial charge < -0.3 is 19.0 Å². The molecule has 0 fully saturated rings. The fourth-order valence-electron chi connectivity index (χ4n) is 3.28. The molecule has 0 radical (unpaired) electrons. The van der Waals surface area contributed by atoms with Crippen molar-refractivity contribution >= 4 is 8.32 Å². The van der Waals surface area contributed by atoms with Gasteiger partial charge in [-0.2, -0.15) is 0 Å². The highest BCUT2D eigenvalue weighted by atomic mass is 28.4. The minimum absolute atomic E-state index is 0.171. The Bertz CT molecular complexity index is 465. The summed E-state index contributed by atoms with van der Waals surface area (Å²) in [5, 5.41) is 9.33. The number of benzene rings is 1. The van der Waals surface area contributed by atoms with Crippen LogP contribution >= 0.6 is 0 Å². The smallest absolute Gasteiger partial charge is 0.192 e. The summed E-state index contributed by atoms with van der Waals surface area (Å²) >= 11 is 0. The molecular formula is C21H38O4Si. The third-order valence-electron chi connectivity index (χ3n) is 5.53. The van der Waals surface area contributed by atoms with E-state index in [1.807, 2.05) is 24.3 Å². The normalized spacial score (nSPS) is 14.2. The van der Waals surface area contributed by atoms with Gasteiger partial charge in [-0.25, -0.2) is 0 Å². The van der Waals surface area contributed by atoms with Crippen molar-refractivity contribution < 1.29 is 19.0 Å². The molecule has 26 heavy (non-hydrogen) atoms. The maximum absolute atomic E-state index is 9.33. The number of rotatable bonds is 14. The summed E-state index contributed by atoms with van der Waals surface area (Å²) in [6.07, 6.45) is 1.83. The Labute approximate surface area is 161 Å². The predicted molar refractivity (Wildman–Crippen MR) is 110 cm³/mol. The van der Waals surface area contributed by atoms with Crippen LogP contribution in [0.3, 0.4) is 0 Å². The Balaban J connectivity index is 2.56. The summed E-state index contributed by atoms with van der Waals surface area (Å²) in [6.45, 7) is 10.4. The fraction of sp³-hybridized carbons (Fsp3) is 0.714. The van der Waals surface area contributed by atoms with Crippen LogP contribution in [-0.4, -0.2) is 39.9 Å². The van der Waals surface area contributed by atoms with Crippen molar-refractivity contribution in [3.8, 4) is 5.75 Å². The number of aliphatic hydroxyl groups excluding tert-OH is 1. The van der Waals surface area contributed by atoms with Crippen molar-refractivity contribution in [2.75, 3.05) is 20.3 Å². The lowest BCUT2D eigenvalue weighted by molar-refractivity contribution is 0.0501. The van der Waals surface area contributed by atoms with Gasteiger partial charge in [-0.05, 0) is 54.6 Å². The molecule has 0 saturated carbocycles. The van der Waals surface area contributed by atoms with Crippen molar-refractivity contribution in [1.82, 2.24) is 0 Å². The fourth-order valence-corrected chi connectivity index (χ4v) is 6.27. The second-order valence-electron chi connectivity index (χ2n) is 7.08. The minimum atomic E-state index is -1.66. The molecule has 0 unspecified atom stereocenters. The van der Waals surface area contributed by atoms with E-state index in [2.05, 4.69) is 27.7 Å². The van der Waals surface area contributed by atoms with Crippen molar-refractivity contribution in [3.63, 3.8) is 0 Å². The first kappa shape index (κ1) is 23.2. The van der Waals surface area contributed by atoms with Gasteiger partial charge in [0, 0.05) is 19.3 Å². The zero-order valence-electron chi connectivity index (χ0n) is 17.3. The molecule has 0 bridgehead atoms. The molecule has 0 saturated heterocycles. The van der Waals surface area contributed by atoms with E-state index >= 15 is 0 Å². The maximum Gasteiger partial charge on any atom is 0.192 e. The highest BCUT2D eigenvalue weighted by Crippen LogP contribution is 2.28. The minimum Gasteiger partial charge on any atom is -0.497 e. The van der Waals surface area contributed by atoms with Crippen LogP contribution in [0.15, 0.2) is 24.3 Å². The molecule has 0 amide bonds. The molecule has 1 aromatic rings. The summed E-state index contributed by atoms with van der Waals surface area (Å²) in [4.78, 5) is 0. The van der Waals surface area contributed by atoms with E-state index < -0.39 is 8.32 Å². The van der Waals surface area contributed by atoms with Crippen molar-refractivity contribution in [2.45, 2.75) is 71.4 Å². The molecule has 0 aliphatic rings. The number of hydrogen-bond acceptors (Lipinski definition) is 4. The molecule has 4 nitrogen and oxygen atoms in total. The highest BCUT2D eigenvalue weighted by molar-refractivity contribution is 6.73. The van der Waals surface area contributed by atoms with Crippen LogP contribution in [0.1, 0.15) is 46.1 Å². The average Bonchev–Trinajstić information content (AvgIpc) is 2.68. The van der Waals surface area contributed by atoms with Crippen LogP contribution in [-0.2, 0) is 15.8 Å². The molecule has 0 aliphatic heterocycles. The zero-order valence-corrected chi connectivity index (χ0v) is 18.3. The molecule has 0 aromatic heterocycles. The molecule has 1 N–H and O–H groups in total. The van der Waals surface area contributed by atoms with Crippen LogP contribution < -0.4 is 4.74 Å². The lowest BCUT2D eigenvalue weighted by Gasteiger charge is -2.36. The van der Waals surface area contributed by atoms with E-state index in [9.17, 15) is 5.11 Å². The van der Waals surface area contributed by atoms with Crippen LogP contribution in [0.2, 0.25) is 18.1 Å². The van der Waals surface area contributed by atoms with Gasteiger partial charge in [-0.3, -0.25) is 0 Å². The van der Waals surface area contributed by atoms with Gasteiger partial charge in [0.25, 0.3) is 0 Å². The third kappa shape index (κ3) is 7.39. The van der Waals surface area contributed by atoms with Crippen molar-refractivity contribution in [2.24, 2.45) is 5.92 Å². The summed E-state index contributed by atoms with van der Waals surface area (Å²) in [7, 11) is 0.0140. The Morgan fingerprint density at radius 1 is 1.00 bits per heavy atom. The molecule has 0 spiro atoms. The van der Waals surface area contributed by atoms with E-state index in [4.69, 9.17) is 13.9 Å². The van der Waals surface area contributed by atoms with E-state index in [1.54, 1.807) is 7.11 Å². The Morgan fingerprint density at radius 2 is 1.62 bits per heavy atom. The first-order chi connectivity index (χ1) is 12.5. The zero-order chi connectivity index (χ0) is 19.4. The van der Waals surface area contributed by atoms with Crippen LogP contribution in [0.25, 0.3) is 0 Å². The van der Waals surface area contributed by atoms with Gasteiger partial charge in [-0.1, -0.05) is 39.8 Å². The Hall–Kier alpha value is -0.883. The summed E-state index contributed by atoms with van der Waals surface area (Å²) in [6, 6.07) is 11.4. The lowest BCUT2D eigenvalue weighted by Crippen LogP contribution is -2.42. The molecule has 5 heteroatoms. The lowest BCUT2D eigenvalue weighted by atomic mass is 9.99. The van der Waals surface area contributed by atoms with E-state index in [-0.39, 0.29) is 12.7 Å². The topological polar surface area (TPSA) is 47.9 Å².